The van der Waals surface area contributed by atoms with Gasteiger partial charge in [-0.25, -0.2) is 0 Å². The third kappa shape index (κ3) is 3.06. The molecule has 0 radical (unpaired) electrons. The standard InChI is InChI=1S/C19H21N7O/c1-24-17-16(10-22-24)18(27)26(11-14-6-3-2-5-13(14)9-20)19(23-17)25-8-4-7-15(21)12-25/h2-3,5-6,10,15H,4,7-8,11-12,21H2,1H3. The van der Waals surface area contributed by atoms with Crippen LogP contribution in [0.4, 0.5) is 5.95 Å². The fraction of sp³-hybridized carbons (Fsp3) is 0.368. The van der Waals surface area contributed by atoms with Crippen LogP contribution in [-0.2, 0) is 13.6 Å². The fourth-order valence-electron chi connectivity index (χ4n) is 3.62. The Balaban J connectivity index is 1.89. The molecule has 2 N–H and O–H groups in total. The maximum Gasteiger partial charge on any atom is 0.266 e. The Bertz CT molecular complexity index is 1090. The van der Waals surface area contributed by atoms with E-state index in [1.807, 2.05) is 18.2 Å². The Labute approximate surface area is 156 Å². The lowest BCUT2D eigenvalue weighted by atomic mass is 10.1. The minimum Gasteiger partial charge on any atom is -0.341 e. The summed E-state index contributed by atoms with van der Waals surface area (Å²) in [5.74, 6) is 0.582. The van der Waals surface area contributed by atoms with Crippen LogP contribution in [-0.4, -0.2) is 38.5 Å². The summed E-state index contributed by atoms with van der Waals surface area (Å²) < 4.78 is 3.25. The number of anilines is 1. The highest BCUT2D eigenvalue weighted by Gasteiger charge is 2.24. The smallest absolute Gasteiger partial charge is 0.266 e. The molecule has 0 amide bonds. The zero-order chi connectivity index (χ0) is 19.0. The van der Waals surface area contributed by atoms with Gasteiger partial charge in [0.2, 0.25) is 5.95 Å². The van der Waals surface area contributed by atoms with Crippen molar-refractivity contribution >= 4 is 17.0 Å². The summed E-state index contributed by atoms with van der Waals surface area (Å²) in [6.45, 7) is 1.72. The van der Waals surface area contributed by atoms with E-state index >= 15 is 0 Å². The van der Waals surface area contributed by atoms with Crippen LogP contribution in [0.25, 0.3) is 11.0 Å². The number of nitrogens with zero attached hydrogens (tertiary/aromatic N) is 6. The largest absolute Gasteiger partial charge is 0.341 e. The minimum absolute atomic E-state index is 0.0535. The van der Waals surface area contributed by atoms with E-state index in [4.69, 9.17) is 10.7 Å². The van der Waals surface area contributed by atoms with Crippen LogP contribution in [0.15, 0.2) is 35.3 Å². The number of rotatable bonds is 3. The molecule has 27 heavy (non-hydrogen) atoms. The summed E-state index contributed by atoms with van der Waals surface area (Å²) in [5.41, 5.74) is 7.89. The Morgan fingerprint density at radius 1 is 1.37 bits per heavy atom. The lowest BCUT2D eigenvalue weighted by Crippen LogP contribution is -2.45. The Morgan fingerprint density at radius 3 is 2.96 bits per heavy atom. The van der Waals surface area contributed by atoms with E-state index in [1.165, 1.54) is 0 Å². The lowest BCUT2D eigenvalue weighted by molar-refractivity contribution is 0.491. The number of nitriles is 1. The second-order valence-electron chi connectivity index (χ2n) is 6.93. The van der Waals surface area contributed by atoms with Crippen molar-refractivity contribution in [2.45, 2.75) is 25.4 Å². The first-order valence-electron chi connectivity index (χ1n) is 8.99. The van der Waals surface area contributed by atoms with E-state index in [0.29, 0.717) is 29.1 Å². The van der Waals surface area contributed by atoms with Crippen LogP contribution in [0.3, 0.4) is 0 Å². The van der Waals surface area contributed by atoms with E-state index in [1.54, 1.807) is 28.6 Å². The number of aryl methyl sites for hydroxylation is 1. The van der Waals surface area contributed by atoms with Crippen molar-refractivity contribution in [2.24, 2.45) is 12.8 Å². The molecule has 1 aliphatic rings. The zero-order valence-corrected chi connectivity index (χ0v) is 15.2. The van der Waals surface area contributed by atoms with Crippen molar-refractivity contribution < 1.29 is 0 Å². The molecule has 0 saturated carbocycles. The minimum atomic E-state index is -0.157. The maximum absolute atomic E-state index is 13.2. The van der Waals surface area contributed by atoms with Crippen LogP contribution in [0, 0.1) is 11.3 Å². The van der Waals surface area contributed by atoms with Gasteiger partial charge in [0.15, 0.2) is 5.65 Å². The molecule has 138 valence electrons. The van der Waals surface area contributed by atoms with E-state index in [9.17, 15) is 10.1 Å². The number of benzene rings is 1. The highest BCUT2D eigenvalue weighted by atomic mass is 16.1. The first-order chi connectivity index (χ1) is 13.1. The number of fused-ring (bicyclic) bond motifs is 1. The van der Waals surface area contributed by atoms with Gasteiger partial charge in [0.05, 0.1) is 24.4 Å². The van der Waals surface area contributed by atoms with E-state index in [0.717, 1.165) is 24.9 Å². The van der Waals surface area contributed by atoms with Gasteiger partial charge in [-0.2, -0.15) is 15.3 Å². The molecule has 8 heteroatoms. The molecule has 4 rings (SSSR count). The predicted octanol–water partition coefficient (Wildman–Crippen LogP) is 0.977. The third-order valence-electron chi connectivity index (χ3n) is 5.04. The molecule has 0 aliphatic carbocycles. The second kappa shape index (κ2) is 6.85. The summed E-state index contributed by atoms with van der Waals surface area (Å²) in [7, 11) is 1.77. The third-order valence-corrected chi connectivity index (χ3v) is 5.04. The molecule has 8 nitrogen and oxygen atoms in total. The molecule has 0 bridgehead atoms. The van der Waals surface area contributed by atoms with Gasteiger partial charge in [-0.05, 0) is 24.5 Å². The average Bonchev–Trinajstić information content (AvgIpc) is 3.05. The molecule has 1 fully saturated rings. The van der Waals surface area contributed by atoms with E-state index in [2.05, 4.69) is 16.1 Å². The average molecular weight is 363 g/mol. The summed E-state index contributed by atoms with van der Waals surface area (Å²) in [6, 6.07) is 9.56. The van der Waals surface area contributed by atoms with Crippen molar-refractivity contribution in [1.82, 2.24) is 19.3 Å². The first-order valence-corrected chi connectivity index (χ1v) is 8.99. The Morgan fingerprint density at radius 2 is 2.19 bits per heavy atom. The molecule has 0 spiro atoms. The fourth-order valence-corrected chi connectivity index (χ4v) is 3.62. The van der Waals surface area contributed by atoms with Crippen LogP contribution < -0.4 is 16.2 Å². The molecule has 3 aromatic rings. The second-order valence-corrected chi connectivity index (χ2v) is 6.93. The highest BCUT2D eigenvalue weighted by Crippen LogP contribution is 2.21. The Hall–Kier alpha value is -3.18. The molecule has 2 aromatic heterocycles. The molecular weight excluding hydrogens is 342 g/mol. The predicted molar refractivity (Wildman–Crippen MR) is 102 cm³/mol. The van der Waals surface area contributed by atoms with Crippen LogP contribution in [0.5, 0.6) is 0 Å². The van der Waals surface area contributed by atoms with Crippen molar-refractivity contribution in [1.29, 1.82) is 5.26 Å². The van der Waals surface area contributed by atoms with Gasteiger partial charge < -0.3 is 10.6 Å². The van der Waals surface area contributed by atoms with E-state index < -0.39 is 0 Å². The van der Waals surface area contributed by atoms with Crippen molar-refractivity contribution in [3.63, 3.8) is 0 Å². The van der Waals surface area contributed by atoms with Gasteiger partial charge in [-0.15, -0.1) is 0 Å². The lowest BCUT2D eigenvalue weighted by Gasteiger charge is -2.33. The van der Waals surface area contributed by atoms with E-state index in [-0.39, 0.29) is 18.1 Å². The SMILES string of the molecule is Cn1ncc2c(=O)n(Cc3ccccc3C#N)c(N3CCCC(N)C3)nc21. The van der Waals surface area contributed by atoms with Gasteiger partial charge in [-0.1, -0.05) is 18.2 Å². The monoisotopic (exact) mass is 363 g/mol. The summed E-state index contributed by atoms with van der Waals surface area (Å²) in [5, 5.41) is 14.1. The molecule has 1 atom stereocenters. The van der Waals surface area contributed by atoms with Crippen molar-refractivity contribution in [3.8, 4) is 6.07 Å². The number of piperidine rings is 1. The Kier molecular flexibility index (Phi) is 4.38. The van der Waals surface area contributed by atoms with Gasteiger partial charge in [0.1, 0.15) is 5.39 Å². The number of aromatic nitrogens is 4. The molecule has 1 unspecified atom stereocenters. The number of nitrogens with two attached hydrogens (primary N) is 1. The zero-order valence-electron chi connectivity index (χ0n) is 15.2. The van der Waals surface area contributed by atoms with Crippen molar-refractivity contribution in [3.05, 3.63) is 51.9 Å². The van der Waals surface area contributed by atoms with Gasteiger partial charge in [-0.3, -0.25) is 14.0 Å². The van der Waals surface area contributed by atoms with Crippen molar-refractivity contribution in [2.75, 3.05) is 18.0 Å². The molecule has 3 heterocycles. The quantitative estimate of drug-likeness (QED) is 0.743. The van der Waals surface area contributed by atoms with Crippen LogP contribution >= 0.6 is 0 Å². The topological polar surface area (TPSA) is 106 Å². The molecule has 1 saturated heterocycles. The first kappa shape index (κ1) is 17.2. The molecule has 1 aromatic carbocycles. The van der Waals surface area contributed by atoms with Gasteiger partial charge in [0, 0.05) is 26.2 Å². The maximum atomic E-state index is 13.2. The normalized spacial score (nSPS) is 17.2. The number of hydrogen-bond donors (Lipinski definition) is 1. The van der Waals surface area contributed by atoms with Gasteiger partial charge in [0.25, 0.3) is 5.56 Å². The number of hydrogen-bond acceptors (Lipinski definition) is 6. The van der Waals surface area contributed by atoms with Crippen LogP contribution in [0.1, 0.15) is 24.0 Å². The summed E-state index contributed by atoms with van der Waals surface area (Å²) in [4.78, 5) is 20.0. The summed E-state index contributed by atoms with van der Waals surface area (Å²) in [6.07, 6.45) is 3.46. The highest BCUT2D eigenvalue weighted by molar-refractivity contribution is 5.74. The molecule has 1 aliphatic heterocycles. The van der Waals surface area contributed by atoms with Gasteiger partial charge >= 0.3 is 0 Å². The van der Waals surface area contributed by atoms with Crippen LogP contribution in [0.2, 0.25) is 0 Å². The molecular formula is C19H21N7O. The summed E-state index contributed by atoms with van der Waals surface area (Å²) >= 11 is 0.